The van der Waals surface area contributed by atoms with Crippen LogP contribution in [0.4, 0.5) is 0 Å². The van der Waals surface area contributed by atoms with Crippen LogP contribution in [0.2, 0.25) is 0 Å². The molecule has 2 aromatic heterocycles. The van der Waals surface area contributed by atoms with Crippen molar-refractivity contribution in [1.82, 2.24) is 24.6 Å². The molecule has 28 heavy (non-hydrogen) atoms. The molecule has 1 amide bonds. The normalized spacial score (nSPS) is 20.7. The molecule has 142 valence electrons. The van der Waals surface area contributed by atoms with Gasteiger partial charge in [0.15, 0.2) is 5.82 Å². The molecule has 6 heteroatoms. The lowest BCUT2D eigenvalue weighted by Crippen LogP contribution is -2.43. The fourth-order valence-corrected chi connectivity index (χ4v) is 4.62. The summed E-state index contributed by atoms with van der Waals surface area (Å²) >= 11 is 0. The number of aryl methyl sites for hydroxylation is 1. The summed E-state index contributed by atoms with van der Waals surface area (Å²) in [5, 5.41) is 8.88. The first-order valence-corrected chi connectivity index (χ1v) is 9.89. The molecule has 2 aliphatic rings. The Morgan fingerprint density at radius 3 is 2.79 bits per heavy atom. The van der Waals surface area contributed by atoms with E-state index in [1.54, 1.807) is 6.20 Å². The molecule has 1 saturated heterocycles. The number of nitrogens with zero attached hydrogens (tertiary/aromatic N) is 5. The molecule has 6 nitrogen and oxygen atoms in total. The van der Waals surface area contributed by atoms with Crippen molar-refractivity contribution < 1.29 is 4.79 Å². The fraction of sp³-hybridized carbons (Fsp3) is 0.364. The van der Waals surface area contributed by atoms with Gasteiger partial charge in [0.05, 0.1) is 12.5 Å². The van der Waals surface area contributed by atoms with E-state index in [9.17, 15) is 4.79 Å². The van der Waals surface area contributed by atoms with Gasteiger partial charge >= 0.3 is 0 Å². The first-order valence-electron chi connectivity index (χ1n) is 9.89. The third-order valence-electron chi connectivity index (χ3n) is 6.07. The Kier molecular flexibility index (Phi) is 4.19. The van der Waals surface area contributed by atoms with Crippen LogP contribution in [-0.4, -0.2) is 42.6 Å². The highest BCUT2D eigenvalue weighted by atomic mass is 16.2. The van der Waals surface area contributed by atoms with E-state index < -0.39 is 0 Å². The zero-order valence-electron chi connectivity index (χ0n) is 16.0. The Bertz CT molecular complexity index is 1010. The van der Waals surface area contributed by atoms with E-state index in [1.807, 2.05) is 30.5 Å². The Hall–Kier alpha value is -3.02. The topological polar surface area (TPSA) is 63.9 Å². The molecule has 0 unspecified atom stereocenters. The number of hydrogen-bond donors (Lipinski definition) is 0. The second kappa shape index (κ2) is 6.86. The van der Waals surface area contributed by atoms with Crippen LogP contribution in [-0.2, 0) is 24.2 Å². The first-order chi connectivity index (χ1) is 13.7. The van der Waals surface area contributed by atoms with Crippen molar-refractivity contribution in [2.24, 2.45) is 0 Å². The van der Waals surface area contributed by atoms with Gasteiger partial charge in [0.2, 0.25) is 5.91 Å². The largest absolute Gasteiger partial charge is 0.334 e. The van der Waals surface area contributed by atoms with Gasteiger partial charge in [0.1, 0.15) is 5.82 Å². The zero-order chi connectivity index (χ0) is 19.1. The summed E-state index contributed by atoms with van der Waals surface area (Å²) in [6, 6.07) is 12.5. The third-order valence-corrected chi connectivity index (χ3v) is 6.07. The minimum absolute atomic E-state index is 0.203. The van der Waals surface area contributed by atoms with Gasteiger partial charge in [-0.3, -0.25) is 9.78 Å². The molecule has 3 aromatic rings. The average Bonchev–Trinajstić information content (AvgIpc) is 3.24. The number of carbonyl (C=O) groups excluding carboxylic acids is 1. The third kappa shape index (κ3) is 2.89. The minimum atomic E-state index is 0.203. The lowest BCUT2D eigenvalue weighted by atomic mass is 10.0. The quantitative estimate of drug-likeness (QED) is 0.708. The van der Waals surface area contributed by atoms with E-state index in [0.29, 0.717) is 6.42 Å². The zero-order valence-corrected chi connectivity index (χ0v) is 16.0. The summed E-state index contributed by atoms with van der Waals surface area (Å²) < 4.78 is 2.19. The van der Waals surface area contributed by atoms with Crippen molar-refractivity contribution in [2.45, 2.75) is 51.2 Å². The van der Waals surface area contributed by atoms with Crippen LogP contribution in [0.25, 0.3) is 11.4 Å². The number of carbonyl (C=O) groups is 1. The van der Waals surface area contributed by atoms with E-state index in [2.05, 4.69) is 43.7 Å². The minimum Gasteiger partial charge on any atom is -0.334 e. The maximum absolute atomic E-state index is 13.2. The highest BCUT2D eigenvalue weighted by molar-refractivity contribution is 5.80. The summed E-state index contributed by atoms with van der Waals surface area (Å²) in [7, 11) is 0. The van der Waals surface area contributed by atoms with Gasteiger partial charge in [-0.25, -0.2) is 0 Å². The molecular formula is C22H23N5O. The van der Waals surface area contributed by atoms with E-state index in [0.717, 1.165) is 48.6 Å². The number of fused-ring (bicyclic) bond motifs is 3. The van der Waals surface area contributed by atoms with Crippen molar-refractivity contribution in [2.75, 3.05) is 0 Å². The molecule has 1 fully saturated rings. The summed E-state index contributed by atoms with van der Waals surface area (Å²) in [4.78, 5) is 19.6. The first kappa shape index (κ1) is 17.1. The lowest BCUT2D eigenvalue weighted by Gasteiger charge is -2.28. The number of amides is 1. The number of benzene rings is 1. The van der Waals surface area contributed by atoms with Crippen LogP contribution >= 0.6 is 0 Å². The molecule has 4 heterocycles. The number of rotatable bonds is 3. The molecule has 2 atom stereocenters. The van der Waals surface area contributed by atoms with Crippen molar-refractivity contribution in [3.8, 4) is 11.4 Å². The molecule has 0 radical (unpaired) electrons. The fourth-order valence-electron chi connectivity index (χ4n) is 4.62. The van der Waals surface area contributed by atoms with Gasteiger partial charge in [-0.15, -0.1) is 10.2 Å². The molecule has 1 aromatic carbocycles. The number of hydrogen-bond acceptors (Lipinski definition) is 4. The second-order valence-corrected chi connectivity index (χ2v) is 7.79. The molecular weight excluding hydrogens is 350 g/mol. The number of pyridine rings is 1. The van der Waals surface area contributed by atoms with E-state index in [4.69, 9.17) is 0 Å². The highest BCUT2D eigenvalue weighted by Gasteiger charge is 2.41. The van der Waals surface area contributed by atoms with Crippen molar-refractivity contribution in [1.29, 1.82) is 0 Å². The van der Waals surface area contributed by atoms with Crippen LogP contribution in [0.3, 0.4) is 0 Å². The maximum atomic E-state index is 13.2. The molecule has 0 N–H and O–H groups in total. The van der Waals surface area contributed by atoms with Crippen LogP contribution < -0.4 is 0 Å². The van der Waals surface area contributed by atoms with Crippen LogP contribution in [0.15, 0.2) is 48.8 Å². The van der Waals surface area contributed by atoms with Gasteiger partial charge in [0, 0.05) is 37.0 Å². The van der Waals surface area contributed by atoms with Crippen molar-refractivity contribution in [3.63, 3.8) is 0 Å². The second-order valence-electron chi connectivity index (χ2n) is 7.79. The van der Waals surface area contributed by atoms with Gasteiger partial charge in [-0.1, -0.05) is 24.3 Å². The number of aromatic nitrogens is 4. The highest BCUT2D eigenvalue weighted by Crippen LogP contribution is 2.33. The summed E-state index contributed by atoms with van der Waals surface area (Å²) in [5.74, 6) is 2.05. The maximum Gasteiger partial charge on any atom is 0.227 e. The molecule has 5 rings (SSSR count). The molecule has 0 spiro atoms. The van der Waals surface area contributed by atoms with Crippen LogP contribution in [0.1, 0.15) is 29.8 Å². The van der Waals surface area contributed by atoms with Gasteiger partial charge in [-0.05, 0) is 43.0 Å². The van der Waals surface area contributed by atoms with Crippen LogP contribution in [0.5, 0.6) is 0 Å². The summed E-state index contributed by atoms with van der Waals surface area (Å²) in [6.45, 7) is 2.82. The predicted molar refractivity (Wildman–Crippen MR) is 105 cm³/mol. The Balaban J connectivity index is 1.43. The van der Waals surface area contributed by atoms with Gasteiger partial charge < -0.3 is 9.47 Å². The molecule has 2 bridgehead atoms. The van der Waals surface area contributed by atoms with E-state index in [1.165, 1.54) is 5.56 Å². The van der Waals surface area contributed by atoms with E-state index in [-0.39, 0.29) is 18.0 Å². The average molecular weight is 373 g/mol. The summed E-state index contributed by atoms with van der Waals surface area (Å²) in [5.41, 5.74) is 3.26. The molecule has 2 aliphatic heterocycles. The predicted octanol–water partition coefficient (Wildman–Crippen LogP) is 2.81. The van der Waals surface area contributed by atoms with Gasteiger partial charge in [-0.2, -0.15) is 0 Å². The monoisotopic (exact) mass is 373 g/mol. The van der Waals surface area contributed by atoms with Crippen molar-refractivity contribution in [3.05, 3.63) is 65.7 Å². The smallest absolute Gasteiger partial charge is 0.227 e. The Morgan fingerprint density at radius 1 is 1.11 bits per heavy atom. The summed E-state index contributed by atoms with van der Waals surface area (Å²) in [6.07, 6.45) is 6.89. The van der Waals surface area contributed by atoms with E-state index >= 15 is 0 Å². The Morgan fingerprint density at radius 2 is 1.96 bits per heavy atom. The standard InChI is InChI=1S/C22H23N5O/c1-15-5-2-3-6-16(15)11-21(28)27-18-8-9-19(27)14-26-20(12-18)24-25-22(26)17-7-4-10-23-13-17/h2-7,10,13,18-19H,8-9,11-12,14H2,1H3/t18-,19+/m0/s1. The van der Waals surface area contributed by atoms with Crippen molar-refractivity contribution >= 4 is 5.91 Å². The molecule has 0 aliphatic carbocycles. The SMILES string of the molecule is Cc1ccccc1CC(=O)N1[C@@H]2CC[C@H]1Cc1nnc(-c3cccnc3)n1C2. The Labute approximate surface area is 164 Å². The lowest BCUT2D eigenvalue weighted by molar-refractivity contribution is -0.133. The molecule has 0 saturated carbocycles. The van der Waals surface area contributed by atoms with Gasteiger partial charge in [0.25, 0.3) is 0 Å². The van der Waals surface area contributed by atoms with Crippen LogP contribution in [0, 0.1) is 6.92 Å².